The Hall–Kier alpha value is -1.02. The fourth-order valence-electron chi connectivity index (χ4n) is 1.07. The first kappa shape index (κ1) is 12.1. The monoisotopic (exact) mass is 323 g/mol. The molecule has 82 valence electrons. The Morgan fingerprint density at radius 3 is 2.67 bits per heavy atom. The molecule has 0 aliphatic carbocycles. The average Bonchev–Trinajstić information content (AvgIpc) is 2.20. The number of halogens is 1. The topological polar surface area (TPSA) is 92.8 Å². The van der Waals surface area contributed by atoms with Gasteiger partial charge in [-0.3, -0.25) is 4.79 Å². The molecule has 0 bridgehead atoms. The molecule has 1 aromatic rings. The number of hydrogen-bond acceptors (Lipinski definition) is 4. The van der Waals surface area contributed by atoms with E-state index in [1.165, 1.54) is 19.2 Å². The highest BCUT2D eigenvalue weighted by atomic mass is 127. The Morgan fingerprint density at radius 1 is 1.60 bits per heavy atom. The lowest BCUT2D eigenvalue weighted by Gasteiger charge is -2.11. The molecule has 0 saturated carbocycles. The largest absolute Gasteiger partial charge is 0.504 e. The quantitative estimate of drug-likeness (QED) is 0.724. The molecule has 0 amide bonds. The zero-order chi connectivity index (χ0) is 11.6. The predicted octanol–water partition coefficient (Wildman–Crippen LogP) is 1.09. The molecule has 0 unspecified atom stereocenters. The first-order valence-electron chi connectivity index (χ1n) is 4.02. The van der Waals surface area contributed by atoms with Crippen LogP contribution in [-0.4, -0.2) is 23.3 Å². The van der Waals surface area contributed by atoms with Crippen LogP contribution in [-0.2, 0) is 4.79 Å². The van der Waals surface area contributed by atoms with Crippen molar-refractivity contribution in [2.24, 2.45) is 5.73 Å². The molecule has 5 nitrogen and oxygen atoms in total. The number of methoxy groups -OCH3 is 1. The number of carbonyl (C=O) groups is 1. The van der Waals surface area contributed by atoms with Crippen LogP contribution in [0.1, 0.15) is 11.6 Å². The van der Waals surface area contributed by atoms with Crippen molar-refractivity contribution >= 4 is 28.6 Å². The Kier molecular flexibility index (Phi) is 3.75. The Labute approximate surface area is 100.0 Å². The van der Waals surface area contributed by atoms with Gasteiger partial charge >= 0.3 is 5.97 Å². The minimum Gasteiger partial charge on any atom is -0.504 e. The van der Waals surface area contributed by atoms with Crippen LogP contribution in [0.15, 0.2) is 12.1 Å². The minimum absolute atomic E-state index is 0.0144. The summed E-state index contributed by atoms with van der Waals surface area (Å²) in [5.74, 6) is -0.924. The van der Waals surface area contributed by atoms with Gasteiger partial charge in [0.25, 0.3) is 0 Å². The normalized spacial score (nSPS) is 12.2. The molecule has 1 atom stereocenters. The van der Waals surface area contributed by atoms with Crippen LogP contribution in [0.5, 0.6) is 11.5 Å². The van der Waals surface area contributed by atoms with E-state index in [1.54, 1.807) is 0 Å². The molecule has 0 heterocycles. The second kappa shape index (κ2) is 4.67. The van der Waals surface area contributed by atoms with Crippen LogP contribution in [0, 0.1) is 3.57 Å². The molecule has 0 aliphatic rings. The summed E-state index contributed by atoms with van der Waals surface area (Å²) < 4.78 is 5.39. The molecular weight excluding hydrogens is 313 g/mol. The number of phenols is 1. The van der Waals surface area contributed by atoms with Crippen molar-refractivity contribution in [3.05, 3.63) is 21.3 Å². The van der Waals surface area contributed by atoms with Crippen molar-refractivity contribution in [3.8, 4) is 11.5 Å². The van der Waals surface area contributed by atoms with E-state index in [0.717, 1.165) is 0 Å². The van der Waals surface area contributed by atoms with Crippen molar-refractivity contribution in [1.29, 1.82) is 0 Å². The lowest BCUT2D eigenvalue weighted by molar-refractivity contribution is -0.138. The van der Waals surface area contributed by atoms with Gasteiger partial charge in [-0.2, -0.15) is 0 Å². The third-order valence-electron chi connectivity index (χ3n) is 1.90. The van der Waals surface area contributed by atoms with Crippen LogP contribution >= 0.6 is 22.6 Å². The van der Waals surface area contributed by atoms with E-state index in [1.807, 2.05) is 22.6 Å². The van der Waals surface area contributed by atoms with Crippen molar-refractivity contribution in [2.45, 2.75) is 6.04 Å². The lowest BCUT2D eigenvalue weighted by Crippen LogP contribution is -2.20. The molecular formula is C9H10INO4. The number of ether oxygens (including phenoxy) is 1. The van der Waals surface area contributed by atoms with Gasteiger partial charge in [0, 0.05) is 0 Å². The summed E-state index contributed by atoms with van der Waals surface area (Å²) in [4.78, 5) is 10.7. The third-order valence-corrected chi connectivity index (χ3v) is 2.72. The molecule has 6 heteroatoms. The molecule has 0 fully saturated rings. The fraction of sp³-hybridized carbons (Fsp3) is 0.222. The molecule has 4 N–H and O–H groups in total. The van der Waals surface area contributed by atoms with Crippen LogP contribution in [0.3, 0.4) is 0 Å². The zero-order valence-electron chi connectivity index (χ0n) is 7.90. The maximum Gasteiger partial charge on any atom is 0.325 e. The van der Waals surface area contributed by atoms with Crippen LogP contribution < -0.4 is 10.5 Å². The third kappa shape index (κ3) is 2.51. The fourth-order valence-corrected chi connectivity index (χ4v) is 1.70. The zero-order valence-corrected chi connectivity index (χ0v) is 10.1. The Balaban J connectivity index is 3.22. The van der Waals surface area contributed by atoms with Crippen LogP contribution in [0.4, 0.5) is 0 Å². The number of hydrogen-bond donors (Lipinski definition) is 3. The predicted molar refractivity (Wildman–Crippen MR) is 61.9 cm³/mol. The number of phenolic OH excluding ortho intramolecular Hbond substituents is 1. The van der Waals surface area contributed by atoms with E-state index in [9.17, 15) is 9.90 Å². The highest BCUT2D eigenvalue weighted by molar-refractivity contribution is 14.1. The molecule has 0 radical (unpaired) electrons. The summed E-state index contributed by atoms with van der Waals surface area (Å²) in [6.45, 7) is 0. The van der Waals surface area contributed by atoms with Gasteiger partial charge in [-0.1, -0.05) is 0 Å². The average molecular weight is 323 g/mol. The van der Waals surface area contributed by atoms with Crippen molar-refractivity contribution < 1.29 is 19.7 Å². The highest BCUT2D eigenvalue weighted by Crippen LogP contribution is 2.33. The summed E-state index contributed by atoms with van der Waals surface area (Å²) in [5, 5.41) is 18.3. The number of aliphatic carboxylic acids is 1. The van der Waals surface area contributed by atoms with E-state index < -0.39 is 12.0 Å². The Morgan fingerprint density at radius 2 is 2.20 bits per heavy atom. The number of aromatic hydroxyl groups is 1. The van der Waals surface area contributed by atoms with E-state index >= 15 is 0 Å². The van der Waals surface area contributed by atoms with Gasteiger partial charge in [0.2, 0.25) is 0 Å². The summed E-state index contributed by atoms with van der Waals surface area (Å²) >= 11 is 1.88. The SMILES string of the molecule is COc1cc([C@H](N)C(=O)O)cc(I)c1O. The van der Waals surface area contributed by atoms with Crippen LogP contribution in [0.2, 0.25) is 0 Å². The first-order valence-corrected chi connectivity index (χ1v) is 5.10. The van der Waals surface area contributed by atoms with Crippen molar-refractivity contribution in [1.82, 2.24) is 0 Å². The summed E-state index contributed by atoms with van der Waals surface area (Å²) in [7, 11) is 1.39. The van der Waals surface area contributed by atoms with E-state index in [0.29, 0.717) is 9.13 Å². The molecule has 0 spiro atoms. The maximum absolute atomic E-state index is 10.7. The highest BCUT2D eigenvalue weighted by Gasteiger charge is 2.18. The Bertz CT molecular complexity index is 394. The second-order valence-corrected chi connectivity index (χ2v) is 4.03. The lowest BCUT2D eigenvalue weighted by atomic mass is 10.1. The van der Waals surface area contributed by atoms with Crippen molar-refractivity contribution in [3.63, 3.8) is 0 Å². The first-order chi connectivity index (χ1) is 6.97. The smallest absolute Gasteiger partial charge is 0.325 e. The van der Waals surface area contributed by atoms with Crippen molar-refractivity contribution in [2.75, 3.05) is 7.11 Å². The van der Waals surface area contributed by atoms with Gasteiger partial charge < -0.3 is 20.7 Å². The van der Waals surface area contributed by atoms with Gasteiger partial charge in [0.1, 0.15) is 6.04 Å². The molecule has 0 saturated heterocycles. The molecule has 1 rings (SSSR count). The number of carboxylic acids is 1. The molecule has 15 heavy (non-hydrogen) atoms. The number of rotatable bonds is 3. The van der Waals surface area contributed by atoms with Gasteiger partial charge in [-0.25, -0.2) is 0 Å². The molecule has 1 aromatic carbocycles. The minimum atomic E-state index is -1.13. The van der Waals surface area contributed by atoms with Crippen LogP contribution in [0.25, 0.3) is 0 Å². The van der Waals surface area contributed by atoms with E-state index in [2.05, 4.69) is 0 Å². The summed E-state index contributed by atoms with van der Waals surface area (Å²) in [6, 6.07) is 1.81. The van der Waals surface area contributed by atoms with Gasteiger partial charge in [0.05, 0.1) is 10.7 Å². The number of benzene rings is 1. The number of carboxylic acid groups (broad SMARTS) is 1. The summed E-state index contributed by atoms with van der Waals surface area (Å²) in [5.41, 5.74) is 5.83. The molecule has 0 aromatic heterocycles. The molecule has 0 aliphatic heterocycles. The standard InChI is InChI=1S/C9H10INO4/c1-15-6-3-4(7(11)9(13)14)2-5(10)8(6)12/h2-3,7,12H,11H2,1H3,(H,13,14)/t7-/m0/s1. The van der Waals surface area contributed by atoms with E-state index in [-0.39, 0.29) is 11.5 Å². The summed E-state index contributed by atoms with van der Waals surface area (Å²) in [6.07, 6.45) is 0. The second-order valence-electron chi connectivity index (χ2n) is 2.87. The maximum atomic E-state index is 10.7. The van der Waals surface area contributed by atoms with E-state index in [4.69, 9.17) is 15.6 Å². The van der Waals surface area contributed by atoms with Gasteiger partial charge in [0.15, 0.2) is 11.5 Å². The van der Waals surface area contributed by atoms with Gasteiger partial charge in [-0.05, 0) is 40.3 Å². The van der Waals surface area contributed by atoms with Gasteiger partial charge in [-0.15, -0.1) is 0 Å². The number of nitrogens with two attached hydrogens (primary N) is 1.